The summed E-state index contributed by atoms with van der Waals surface area (Å²) in [6, 6.07) is 0.404. The molecular weight excluding hydrogens is 264 g/mol. The van der Waals surface area contributed by atoms with E-state index in [2.05, 4.69) is 36.4 Å². The molecule has 0 aliphatic carbocycles. The molecule has 5 nitrogen and oxygen atoms in total. The van der Waals surface area contributed by atoms with Gasteiger partial charge in [-0.25, -0.2) is 9.97 Å². The van der Waals surface area contributed by atoms with Crippen molar-refractivity contribution < 1.29 is 4.74 Å². The molecule has 0 aromatic carbocycles. The van der Waals surface area contributed by atoms with Gasteiger partial charge < -0.3 is 15.4 Å². The van der Waals surface area contributed by atoms with Gasteiger partial charge in [-0.1, -0.05) is 6.92 Å². The van der Waals surface area contributed by atoms with E-state index in [4.69, 9.17) is 9.72 Å². The lowest BCUT2D eigenvalue weighted by Gasteiger charge is -2.23. The largest absolute Gasteiger partial charge is 0.373 e. The lowest BCUT2D eigenvalue weighted by atomic mass is 9.95. The third-order valence-corrected chi connectivity index (χ3v) is 4.44. The second-order valence-electron chi connectivity index (χ2n) is 6.10. The Bertz CT molecular complexity index is 505. The number of ether oxygens (including phenoxy) is 1. The minimum atomic E-state index is 0.363. The maximum absolute atomic E-state index is 5.93. The van der Waals surface area contributed by atoms with Gasteiger partial charge in [0.05, 0.1) is 18.2 Å². The van der Waals surface area contributed by atoms with E-state index in [0.717, 1.165) is 48.8 Å². The number of hydrogen-bond acceptors (Lipinski definition) is 5. The standard InChI is InChI=1S/C16H26N4O/c1-4-6-14-19-15(17-5-2)10(3)16(20-14)18-12-9-11-7-8-13(12)21-11/h11-13H,4-9H2,1-3H3,(H2,17,18,19,20). The van der Waals surface area contributed by atoms with Crippen LogP contribution >= 0.6 is 0 Å². The molecule has 2 saturated heterocycles. The number of rotatable bonds is 6. The minimum Gasteiger partial charge on any atom is -0.373 e. The van der Waals surface area contributed by atoms with E-state index < -0.39 is 0 Å². The fourth-order valence-corrected chi connectivity index (χ4v) is 3.34. The van der Waals surface area contributed by atoms with Gasteiger partial charge >= 0.3 is 0 Å². The molecule has 1 aromatic rings. The fourth-order valence-electron chi connectivity index (χ4n) is 3.34. The molecule has 0 radical (unpaired) electrons. The van der Waals surface area contributed by atoms with Crippen LogP contribution in [0.15, 0.2) is 0 Å². The molecule has 2 aliphatic heterocycles. The predicted molar refractivity (Wildman–Crippen MR) is 84.9 cm³/mol. The van der Waals surface area contributed by atoms with Crippen LogP contribution in [0.3, 0.4) is 0 Å². The van der Waals surface area contributed by atoms with Crippen LogP contribution in [0.1, 0.15) is 50.9 Å². The topological polar surface area (TPSA) is 59.1 Å². The molecule has 2 N–H and O–H groups in total. The Morgan fingerprint density at radius 3 is 2.62 bits per heavy atom. The van der Waals surface area contributed by atoms with E-state index in [9.17, 15) is 0 Å². The van der Waals surface area contributed by atoms with Gasteiger partial charge in [-0.3, -0.25) is 0 Å². The fraction of sp³-hybridized carbons (Fsp3) is 0.750. The van der Waals surface area contributed by atoms with E-state index in [0.29, 0.717) is 18.2 Å². The summed E-state index contributed by atoms with van der Waals surface area (Å²) >= 11 is 0. The maximum Gasteiger partial charge on any atom is 0.135 e. The van der Waals surface area contributed by atoms with Crippen molar-refractivity contribution in [1.82, 2.24) is 9.97 Å². The molecule has 2 bridgehead atoms. The maximum atomic E-state index is 5.93. The van der Waals surface area contributed by atoms with Crippen molar-refractivity contribution in [2.45, 2.75) is 71.1 Å². The number of aromatic nitrogens is 2. The Kier molecular flexibility index (Phi) is 4.29. The molecule has 2 aliphatic rings. The molecular formula is C16H26N4O. The first-order chi connectivity index (χ1) is 10.2. The van der Waals surface area contributed by atoms with Crippen molar-refractivity contribution in [3.05, 3.63) is 11.4 Å². The number of aryl methyl sites for hydroxylation is 1. The first kappa shape index (κ1) is 14.6. The van der Waals surface area contributed by atoms with Crippen LogP contribution in [0.5, 0.6) is 0 Å². The number of nitrogens with one attached hydrogen (secondary N) is 2. The summed E-state index contributed by atoms with van der Waals surface area (Å²) in [6.07, 6.45) is 6.29. The van der Waals surface area contributed by atoms with E-state index >= 15 is 0 Å². The quantitative estimate of drug-likeness (QED) is 0.843. The van der Waals surface area contributed by atoms with Gasteiger partial charge in [-0.15, -0.1) is 0 Å². The van der Waals surface area contributed by atoms with Crippen molar-refractivity contribution in [3.8, 4) is 0 Å². The Morgan fingerprint density at radius 2 is 2.00 bits per heavy atom. The van der Waals surface area contributed by atoms with Gasteiger partial charge in [0.2, 0.25) is 0 Å². The third-order valence-electron chi connectivity index (χ3n) is 4.44. The van der Waals surface area contributed by atoms with E-state index in [1.807, 2.05) is 0 Å². The lowest BCUT2D eigenvalue weighted by Crippen LogP contribution is -2.31. The SMILES string of the molecule is CCCc1nc(NCC)c(C)c(NC2CC3CCC2O3)n1. The molecule has 3 atom stereocenters. The van der Waals surface area contributed by atoms with E-state index in [1.54, 1.807) is 0 Å². The summed E-state index contributed by atoms with van der Waals surface area (Å²) in [6.45, 7) is 7.22. The normalized spacial score (nSPS) is 27.1. The molecule has 3 heterocycles. The van der Waals surface area contributed by atoms with Crippen molar-refractivity contribution in [1.29, 1.82) is 0 Å². The molecule has 5 heteroatoms. The number of anilines is 2. The van der Waals surface area contributed by atoms with Gasteiger partial charge in [0, 0.05) is 18.5 Å². The summed E-state index contributed by atoms with van der Waals surface area (Å²) in [5, 5.41) is 6.97. The van der Waals surface area contributed by atoms with Gasteiger partial charge in [0.25, 0.3) is 0 Å². The van der Waals surface area contributed by atoms with Gasteiger partial charge in [0.15, 0.2) is 0 Å². The first-order valence-corrected chi connectivity index (χ1v) is 8.24. The second kappa shape index (κ2) is 6.18. The Labute approximate surface area is 126 Å². The van der Waals surface area contributed by atoms with Crippen LogP contribution in [0.4, 0.5) is 11.6 Å². The number of nitrogens with zero attached hydrogens (tertiary/aromatic N) is 2. The first-order valence-electron chi connectivity index (χ1n) is 8.24. The molecule has 21 heavy (non-hydrogen) atoms. The highest BCUT2D eigenvalue weighted by Gasteiger charge is 2.41. The summed E-state index contributed by atoms with van der Waals surface area (Å²) in [5.74, 6) is 2.86. The summed E-state index contributed by atoms with van der Waals surface area (Å²) in [5.41, 5.74) is 1.11. The Balaban J connectivity index is 1.82. The molecule has 0 amide bonds. The summed E-state index contributed by atoms with van der Waals surface area (Å²) in [7, 11) is 0. The van der Waals surface area contributed by atoms with Gasteiger partial charge in [0.1, 0.15) is 17.5 Å². The molecule has 0 saturated carbocycles. The average Bonchev–Trinajstić information content (AvgIpc) is 3.07. The monoisotopic (exact) mass is 290 g/mol. The summed E-state index contributed by atoms with van der Waals surface area (Å²) < 4.78 is 5.93. The van der Waals surface area contributed by atoms with Crippen LogP contribution in [0.2, 0.25) is 0 Å². The van der Waals surface area contributed by atoms with Crippen molar-refractivity contribution in [3.63, 3.8) is 0 Å². The van der Waals surface area contributed by atoms with Crippen LogP contribution in [-0.2, 0) is 11.2 Å². The second-order valence-corrected chi connectivity index (χ2v) is 6.10. The van der Waals surface area contributed by atoms with Crippen molar-refractivity contribution in [2.75, 3.05) is 17.2 Å². The van der Waals surface area contributed by atoms with E-state index in [-0.39, 0.29) is 0 Å². The molecule has 3 rings (SSSR count). The average molecular weight is 290 g/mol. The highest BCUT2D eigenvalue weighted by atomic mass is 16.5. The lowest BCUT2D eigenvalue weighted by molar-refractivity contribution is 0.102. The van der Waals surface area contributed by atoms with Crippen LogP contribution < -0.4 is 10.6 Å². The number of hydrogen-bond donors (Lipinski definition) is 2. The Morgan fingerprint density at radius 1 is 1.19 bits per heavy atom. The highest BCUT2D eigenvalue weighted by Crippen LogP contribution is 2.36. The van der Waals surface area contributed by atoms with Gasteiger partial charge in [-0.2, -0.15) is 0 Å². The molecule has 2 fully saturated rings. The molecule has 3 unspecified atom stereocenters. The number of fused-ring (bicyclic) bond motifs is 2. The zero-order chi connectivity index (χ0) is 14.8. The molecule has 0 spiro atoms. The van der Waals surface area contributed by atoms with Crippen LogP contribution in [0.25, 0.3) is 0 Å². The van der Waals surface area contributed by atoms with Gasteiger partial charge in [-0.05, 0) is 39.5 Å². The molecule has 1 aromatic heterocycles. The predicted octanol–water partition coefficient (Wildman–Crippen LogP) is 2.90. The van der Waals surface area contributed by atoms with Crippen molar-refractivity contribution >= 4 is 11.6 Å². The third kappa shape index (κ3) is 2.98. The minimum absolute atomic E-state index is 0.363. The van der Waals surface area contributed by atoms with Crippen LogP contribution in [0, 0.1) is 6.92 Å². The molecule has 116 valence electrons. The smallest absolute Gasteiger partial charge is 0.135 e. The van der Waals surface area contributed by atoms with Crippen LogP contribution in [-0.4, -0.2) is 34.8 Å². The van der Waals surface area contributed by atoms with E-state index in [1.165, 1.54) is 12.8 Å². The Hall–Kier alpha value is -1.36. The summed E-state index contributed by atoms with van der Waals surface area (Å²) in [4.78, 5) is 9.38. The zero-order valence-electron chi connectivity index (χ0n) is 13.3. The highest BCUT2D eigenvalue weighted by molar-refractivity contribution is 5.57. The van der Waals surface area contributed by atoms with Crippen molar-refractivity contribution in [2.24, 2.45) is 0 Å². The zero-order valence-corrected chi connectivity index (χ0v) is 13.3.